The molecule has 4 nitrogen and oxygen atoms in total. The molecular weight excluding hydrogens is 242 g/mol. The number of hydrogen-bond acceptors (Lipinski definition) is 4. The van der Waals surface area contributed by atoms with Crippen molar-refractivity contribution in [1.29, 1.82) is 0 Å². The van der Waals surface area contributed by atoms with Crippen molar-refractivity contribution < 1.29 is 14.6 Å². The number of rotatable bonds is 13. The molecule has 0 aromatic rings. The van der Waals surface area contributed by atoms with Gasteiger partial charge in [-0.1, -0.05) is 19.9 Å². The molecule has 0 aliphatic rings. The summed E-state index contributed by atoms with van der Waals surface area (Å²) in [6.45, 7) is 13.1. The van der Waals surface area contributed by atoms with Crippen molar-refractivity contribution in [2.75, 3.05) is 32.9 Å². The Morgan fingerprint density at radius 1 is 1.26 bits per heavy atom. The van der Waals surface area contributed by atoms with Crippen molar-refractivity contribution in [2.24, 2.45) is 5.92 Å². The summed E-state index contributed by atoms with van der Waals surface area (Å²) in [5.74, 6) is 0.623. The predicted molar refractivity (Wildman–Crippen MR) is 79.4 cm³/mol. The summed E-state index contributed by atoms with van der Waals surface area (Å²) in [5, 5.41) is 12.9. The summed E-state index contributed by atoms with van der Waals surface area (Å²) in [5.41, 5.74) is 0. The fourth-order valence-corrected chi connectivity index (χ4v) is 1.75. The third kappa shape index (κ3) is 13.8. The standard InChI is InChI=1S/C15H31NO3/c1-5-6-8-18-9-7-16-11-15(17)12-19-14(4)10-13(2)3/h5,13-17H,1,6-12H2,2-4H3. The van der Waals surface area contributed by atoms with Gasteiger partial charge in [-0.3, -0.25) is 0 Å². The molecule has 0 spiro atoms. The summed E-state index contributed by atoms with van der Waals surface area (Å²) in [4.78, 5) is 0. The van der Waals surface area contributed by atoms with Crippen LogP contribution in [0.1, 0.15) is 33.6 Å². The van der Waals surface area contributed by atoms with Gasteiger partial charge < -0.3 is 19.9 Å². The number of nitrogens with one attached hydrogen (secondary N) is 1. The lowest BCUT2D eigenvalue weighted by Gasteiger charge is -2.18. The van der Waals surface area contributed by atoms with E-state index in [1.807, 2.05) is 13.0 Å². The van der Waals surface area contributed by atoms with Crippen LogP contribution in [0.4, 0.5) is 0 Å². The number of hydrogen-bond donors (Lipinski definition) is 2. The Balaban J connectivity index is 3.34. The average molecular weight is 273 g/mol. The molecule has 0 saturated carbocycles. The maximum absolute atomic E-state index is 9.73. The molecule has 2 atom stereocenters. The molecule has 0 aliphatic carbocycles. The molecular formula is C15H31NO3. The lowest BCUT2D eigenvalue weighted by molar-refractivity contribution is -0.00894. The van der Waals surface area contributed by atoms with Crippen molar-refractivity contribution >= 4 is 0 Å². The molecule has 0 aromatic heterocycles. The van der Waals surface area contributed by atoms with Crippen molar-refractivity contribution in [2.45, 2.75) is 45.8 Å². The first kappa shape index (κ1) is 18.6. The van der Waals surface area contributed by atoms with Gasteiger partial charge in [0.15, 0.2) is 0 Å². The monoisotopic (exact) mass is 273 g/mol. The fraction of sp³-hybridized carbons (Fsp3) is 0.867. The zero-order valence-corrected chi connectivity index (χ0v) is 12.7. The molecule has 0 aromatic carbocycles. The molecule has 0 radical (unpaired) electrons. The number of aliphatic hydroxyl groups excluding tert-OH is 1. The molecule has 0 rings (SSSR count). The minimum Gasteiger partial charge on any atom is -0.389 e. The van der Waals surface area contributed by atoms with Gasteiger partial charge in [0.25, 0.3) is 0 Å². The van der Waals surface area contributed by atoms with Gasteiger partial charge in [0.05, 0.1) is 32.0 Å². The van der Waals surface area contributed by atoms with E-state index in [1.54, 1.807) is 0 Å². The van der Waals surface area contributed by atoms with E-state index in [2.05, 4.69) is 25.7 Å². The third-order valence-electron chi connectivity index (χ3n) is 2.65. The van der Waals surface area contributed by atoms with Crippen molar-refractivity contribution in [3.05, 3.63) is 12.7 Å². The summed E-state index contributed by atoms with van der Waals surface area (Å²) < 4.78 is 10.9. The van der Waals surface area contributed by atoms with E-state index in [0.717, 1.165) is 19.4 Å². The summed E-state index contributed by atoms with van der Waals surface area (Å²) in [6, 6.07) is 0. The Bertz CT molecular complexity index is 210. The van der Waals surface area contributed by atoms with E-state index in [4.69, 9.17) is 9.47 Å². The molecule has 2 N–H and O–H groups in total. The van der Waals surface area contributed by atoms with Gasteiger partial charge in [0, 0.05) is 13.1 Å². The van der Waals surface area contributed by atoms with Crippen LogP contribution in [0, 0.1) is 5.92 Å². The van der Waals surface area contributed by atoms with Crippen LogP contribution in [0.25, 0.3) is 0 Å². The van der Waals surface area contributed by atoms with Crippen LogP contribution in [-0.4, -0.2) is 50.2 Å². The van der Waals surface area contributed by atoms with Gasteiger partial charge in [-0.25, -0.2) is 0 Å². The molecule has 4 heteroatoms. The predicted octanol–water partition coefficient (Wildman–Crippen LogP) is 1.98. The number of ether oxygens (including phenoxy) is 2. The molecule has 19 heavy (non-hydrogen) atoms. The van der Waals surface area contributed by atoms with Gasteiger partial charge in [-0.15, -0.1) is 6.58 Å². The summed E-state index contributed by atoms with van der Waals surface area (Å²) in [7, 11) is 0. The Morgan fingerprint density at radius 2 is 2.00 bits per heavy atom. The zero-order valence-electron chi connectivity index (χ0n) is 12.7. The van der Waals surface area contributed by atoms with E-state index >= 15 is 0 Å². The first-order valence-corrected chi connectivity index (χ1v) is 7.25. The first-order valence-electron chi connectivity index (χ1n) is 7.25. The van der Waals surface area contributed by atoms with E-state index in [9.17, 15) is 5.11 Å². The fourth-order valence-electron chi connectivity index (χ4n) is 1.75. The van der Waals surface area contributed by atoms with Gasteiger partial charge in [0.1, 0.15) is 0 Å². The third-order valence-corrected chi connectivity index (χ3v) is 2.65. The molecule has 0 amide bonds. The quantitative estimate of drug-likeness (QED) is 0.398. The van der Waals surface area contributed by atoms with Crippen LogP contribution >= 0.6 is 0 Å². The summed E-state index contributed by atoms with van der Waals surface area (Å²) >= 11 is 0. The highest BCUT2D eigenvalue weighted by Crippen LogP contribution is 2.07. The second kappa shape index (κ2) is 12.6. The molecule has 0 bridgehead atoms. The second-order valence-electron chi connectivity index (χ2n) is 5.32. The molecule has 114 valence electrons. The lowest BCUT2D eigenvalue weighted by atomic mass is 10.1. The highest BCUT2D eigenvalue weighted by atomic mass is 16.5. The zero-order chi connectivity index (χ0) is 14.5. The maximum atomic E-state index is 9.73. The largest absolute Gasteiger partial charge is 0.389 e. The molecule has 0 heterocycles. The Labute approximate surface area is 118 Å². The van der Waals surface area contributed by atoms with Gasteiger partial charge in [0.2, 0.25) is 0 Å². The minimum absolute atomic E-state index is 0.205. The van der Waals surface area contributed by atoms with Crippen LogP contribution in [0.3, 0.4) is 0 Å². The minimum atomic E-state index is -0.456. The summed E-state index contributed by atoms with van der Waals surface area (Å²) in [6.07, 6.45) is 3.49. The highest BCUT2D eigenvalue weighted by molar-refractivity contribution is 4.65. The second-order valence-corrected chi connectivity index (χ2v) is 5.32. The maximum Gasteiger partial charge on any atom is 0.0897 e. The van der Waals surface area contributed by atoms with E-state index in [-0.39, 0.29) is 6.10 Å². The molecule has 0 fully saturated rings. The average Bonchev–Trinajstić information content (AvgIpc) is 2.34. The molecule has 0 aliphatic heterocycles. The van der Waals surface area contributed by atoms with Gasteiger partial charge >= 0.3 is 0 Å². The van der Waals surface area contributed by atoms with E-state index in [1.165, 1.54) is 0 Å². The first-order chi connectivity index (χ1) is 9.06. The van der Waals surface area contributed by atoms with Crippen molar-refractivity contribution in [3.8, 4) is 0 Å². The van der Waals surface area contributed by atoms with Gasteiger partial charge in [-0.05, 0) is 25.7 Å². The molecule has 2 unspecified atom stereocenters. The molecule has 0 saturated heterocycles. The van der Waals surface area contributed by atoms with Crippen molar-refractivity contribution in [1.82, 2.24) is 5.32 Å². The Kier molecular flexibility index (Phi) is 12.3. The normalized spacial score (nSPS) is 14.6. The smallest absolute Gasteiger partial charge is 0.0897 e. The number of aliphatic hydroxyl groups is 1. The van der Waals surface area contributed by atoms with Crippen LogP contribution < -0.4 is 5.32 Å². The van der Waals surface area contributed by atoms with E-state index < -0.39 is 6.10 Å². The Hall–Kier alpha value is -0.420. The van der Waals surface area contributed by atoms with Crippen molar-refractivity contribution in [3.63, 3.8) is 0 Å². The SMILES string of the molecule is C=CCCOCCNCC(O)COC(C)CC(C)C. The highest BCUT2D eigenvalue weighted by Gasteiger charge is 2.09. The van der Waals surface area contributed by atoms with Gasteiger partial charge in [-0.2, -0.15) is 0 Å². The van der Waals surface area contributed by atoms with Crippen LogP contribution in [0.15, 0.2) is 12.7 Å². The van der Waals surface area contributed by atoms with Crippen LogP contribution in [-0.2, 0) is 9.47 Å². The Morgan fingerprint density at radius 3 is 2.63 bits per heavy atom. The van der Waals surface area contributed by atoms with Crippen LogP contribution in [0.5, 0.6) is 0 Å². The van der Waals surface area contributed by atoms with E-state index in [0.29, 0.717) is 32.3 Å². The topological polar surface area (TPSA) is 50.7 Å². The lowest BCUT2D eigenvalue weighted by Crippen LogP contribution is -2.33. The van der Waals surface area contributed by atoms with Crippen LogP contribution in [0.2, 0.25) is 0 Å².